The van der Waals surface area contributed by atoms with Crippen molar-refractivity contribution in [3.8, 4) is 0 Å². The number of H-pyrrole nitrogens is 1. The number of thiophene rings is 2. The van der Waals surface area contributed by atoms with Gasteiger partial charge in [0.05, 0.1) is 0 Å². The molecule has 0 aromatic carbocycles. The molecule has 0 spiro atoms. The predicted octanol–water partition coefficient (Wildman–Crippen LogP) is 5.07. The fourth-order valence-electron chi connectivity index (χ4n) is 3.92. The summed E-state index contributed by atoms with van der Waals surface area (Å²) in [6.45, 7) is 0. The van der Waals surface area contributed by atoms with Gasteiger partial charge >= 0.3 is 0 Å². The van der Waals surface area contributed by atoms with Crippen molar-refractivity contribution in [3.63, 3.8) is 0 Å². The maximum absolute atomic E-state index is 12.7. The highest BCUT2D eigenvalue weighted by atomic mass is 32.1. The monoisotopic (exact) mass is 366 g/mol. The first-order valence-corrected chi connectivity index (χ1v) is 10.5. The molecule has 3 aromatic rings. The SMILES string of the molecule is O=C(c1n[nH]c2c1C=CC(c1ccsc1)(c1ccsc1)C2)C1CCC1. The van der Waals surface area contributed by atoms with E-state index in [0.29, 0.717) is 5.69 Å². The van der Waals surface area contributed by atoms with E-state index < -0.39 is 0 Å². The van der Waals surface area contributed by atoms with Crippen LogP contribution in [0.25, 0.3) is 6.08 Å². The molecule has 3 nitrogen and oxygen atoms in total. The number of aromatic nitrogens is 2. The lowest BCUT2D eigenvalue weighted by molar-refractivity contribution is 0.0849. The average Bonchev–Trinajstić information content (AvgIpc) is 3.32. The Hall–Kier alpha value is -1.98. The Kier molecular flexibility index (Phi) is 3.54. The van der Waals surface area contributed by atoms with Crippen molar-refractivity contribution in [2.45, 2.75) is 31.1 Å². The van der Waals surface area contributed by atoms with Crippen LogP contribution < -0.4 is 0 Å². The molecule has 0 atom stereocenters. The first-order chi connectivity index (χ1) is 12.3. The molecule has 1 N–H and O–H groups in total. The number of rotatable bonds is 4. The lowest BCUT2D eigenvalue weighted by Crippen LogP contribution is -2.30. The number of allylic oxidation sites excluding steroid dienone is 1. The maximum atomic E-state index is 12.7. The van der Waals surface area contributed by atoms with Crippen molar-refractivity contribution < 1.29 is 4.79 Å². The van der Waals surface area contributed by atoms with Crippen molar-refractivity contribution in [3.05, 3.63) is 67.8 Å². The summed E-state index contributed by atoms with van der Waals surface area (Å²) >= 11 is 3.45. The fourth-order valence-corrected chi connectivity index (χ4v) is 5.39. The van der Waals surface area contributed by atoms with Crippen LogP contribution in [0, 0.1) is 5.92 Å². The molecule has 5 heteroatoms. The van der Waals surface area contributed by atoms with Crippen LogP contribution in [-0.4, -0.2) is 16.0 Å². The normalized spacial score (nSPS) is 18.7. The lowest BCUT2D eigenvalue weighted by Gasteiger charge is -2.32. The van der Waals surface area contributed by atoms with Gasteiger partial charge in [0, 0.05) is 29.0 Å². The van der Waals surface area contributed by atoms with Gasteiger partial charge in [0.25, 0.3) is 0 Å². The van der Waals surface area contributed by atoms with Gasteiger partial charge in [-0.3, -0.25) is 9.89 Å². The van der Waals surface area contributed by atoms with Gasteiger partial charge in [0.2, 0.25) is 0 Å². The van der Waals surface area contributed by atoms with E-state index in [0.717, 1.165) is 36.9 Å². The summed E-state index contributed by atoms with van der Waals surface area (Å²) in [7, 11) is 0. The number of nitrogens with one attached hydrogen (secondary N) is 1. The highest BCUT2D eigenvalue weighted by Crippen LogP contribution is 2.43. The molecule has 0 saturated heterocycles. The highest BCUT2D eigenvalue weighted by Gasteiger charge is 2.38. The number of hydrogen-bond acceptors (Lipinski definition) is 4. The summed E-state index contributed by atoms with van der Waals surface area (Å²) in [4.78, 5) is 12.7. The first kappa shape index (κ1) is 15.3. The Labute approximate surface area is 154 Å². The third kappa shape index (κ3) is 2.29. The summed E-state index contributed by atoms with van der Waals surface area (Å²) in [5.74, 6) is 0.396. The average molecular weight is 367 g/mol. The van der Waals surface area contributed by atoms with Crippen molar-refractivity contribution >= 4 is 34.5 Å². The molecule has 2 aliphatic carbocycles. The molecule has 3 aromatic heterocycles. The number of fused-ring (bicyclic) bond motifs is 1. The zero-order chi connectivity index (χ0) is 16.9. The lowest BCUT2D eigenvalue weighted by atomic mass is 9.70. The Balaban J connectivity index is 1.58. The molecule has 1 saturated carbocycles. The van der Waals surface area contributed by atoms with Gasteiger partial charge in [0.1, 0.15) is 5.69 Å². The third-order valence-corrected chi connectivity index (χ3v) is 7.02. The Morgan fingerprint density at radius 1 is 1.16 bits per heavy atom. The van der Waals surface area contributed by atoms with Gasteiger partial charge in [0.15, 0.2) is 5.78 Å². The van der Waals surface area contributed by atoms with E-state index in [-0.39, 0.29) is 17.1 Å². The van der Waals surface area contributed by atoms with E-state index in [1.54, 1.807) is 22.7 Å². The zero-order valence-electron chi connectivity index (χ0n) is 13.7. The summed E-state index contributed by atoms with van der Waals surface area (Å²) < 4.78 is 0. The van der Waals surface area contributed by atoms with E-state index >= 15 is 0 Å². The number of carbonyl (C=O) groups is 1. The summed E-state index contributed by atoms with van der Waals surface area (Å²) in [6.07, 6.45) is 8.39. The van der Waals surface area contributed by atoms with Gasteiger partial charge in [-0.15, -0.1) is 0 Å². The molecule has 5 rings (SSSR count). The largest absolute Gasteiger partial charge is 0.292 e. The minimum Gasteiger partial charge on any atom is -0.292 e. The maximum Gasteiger partial charge on any atom is 0.186 e. The van der Waals surface area contributed by atoms with Gasteiger partial charge in [-0.1, -0.05) is 18.6 Å². The Morgan fingerprint density at radius 3 is 2.44 bits per heavy atom. The smallest absolute Gasteiger partial charge is 0.186 e. The van der Waals surface area contributed by atoms with Crippen molar-refractivity contribution in [1.29, 1.82) is 0 Å². The van der Waals surface area contributed by atoms with Crippen LogP contribution in [0.15, 0.2) is 39.7 Å². The molecule has 0 unspecified atom stereocenters. The summed E-state index contributed by atoms with van der Waals surface area (Å²) in [5, 5.41) is 16.3. The minimum atomic E-state index is -0.170. The van der Waals surface area contributed by atoms with Crippen LogP contribution in [-0.2, 0) is 11.8 Å². The molecule has 0 aliphatic heterocycles. The van der Waals surface area contributed by atoms with Gasteiger partial charge in [-0.05, 0) is 57.6 Å². The molecular weight excluding hydrogens is 348 g/mol. The second-order valence-electron chi connectivity index (χ2n) is 6.96. The van der Waals surface area contributed by atoms with Crippen LogP contribution in [0.4, 0.5) is 0 Å². The first-order valence-electron chi connectivity index (χ1n) is 8.64. The summed E-state index contributed by atoms with van der Waals surface area (Å²) in [6, 6.07) is 4.41. The number of nitrogens with zero attached hydrogens (tertiary/aromatic N) is 1. The van der Waals surface area contributed by atoms with E-state index in [9.17, 15) is 4.79 Å². The molecule has 126 valence electrons. The molecular formula is C20H18N2OS2. The van der Waals surface area contributed by atoms with Crippen molar-refractivity contribution in [2.24, 2.45) is 5.92 Å². The number of ketones is 1. The number of Topliss-reactive ketones (excluding diaryl/α,β-unsaturated/α-hetero) is 1. The molecule has 0 bridgehead atoms. The van der Waals surface area contributed by atoms with Gasteiger partial charge in [-0.25, -0.2) is 0 Å². The Morgan fingerprint density at radius 2 is 1.88 bits per heavy atom. The van der Waals surface area contributed by atoms with Crippen molar-refractivity contribution in [1.82, 2.24) is 10.2 Å². The second-order valence-corrected chi connectivity index (χ2v) is 8.52. The van der Waals surface area contributed by atoms with Crippen LogP contribution >= 0.6 is 22.7 Å². The quantitative estimate of drug-likeness (QED) is 0.655. The fraction of sp³-hybridized carbons (Fsp3) is 0.300. The third-order valence-electron chi connectivity index (χ3n) is 5.65. The van der Waals surface area contributed by atoms with Crippen LogP contribution in [0.5, 0.6) is 0 Å². The Bertz CT molecular complexity index is 896. The molecule has 2 aliphatic rings. The topological polar surface area (TPSA) is 45.8 Å². The van der Waals surface area contributed by atoms with Gasteiger partial charge in [-0.2, -0.15) is 27.8 Å². The molecule has 0 amide bonds. The van der Waals surface area contributed by atoms with Crippen LogP contribution in [0.2, 0.25) is 0 Å². The molecule has 3 heterocycles. The zero-order valence-corrected chi connectivity index (χ0v) is 15.3. The molecule has 1 fully saturated rings. The van der Waals surface area contributed by atoms with Crippen molar-refractivity contribution in [2.75, 3.05) is 0 Å². The van der Waals surface area contributed by atoms with Gasteiger partial charge < -0.3 is 0 Å². The molecule has 0 radical (unpaired) electrons. The molecule has 25 heavy (non-hydrogen) atoms. The number of aromatic amines is 1. The van der Waals surface area contributed by atoms with Crippen LogP contribution in [0.1, 0.15) is 52.1 Å². The minimum absolute atomic E-state index is 0.170. The van der Waals surface area contributed by atoms with E-state index in [1.807, 2.05) is 0 Å². The summed E-state index contributed by atoms with van der Waals surface area (Å²) in [5.41, 5.74) is 5.15. The number of carbonyl (C=O) groups excluding carboxylic acids is 1. The van der Waals surface area contributed by atoms with E-state index in [1.165, 1.54) is 11.1 Å². The van der Waals surface area contributed by atoms with E-state index in [4.69, 9.17) is 0 Å². The van der Waals surface area contributed by atoms with Crippen LogP contribution in [0.3, 0.4) is 0 Å². The second kappa shape index (κ2) is 5.78. The standard InChI is InChI=1S/C20H18N2OS2/c23-19(13-2-1-3-13)18-16-4-7-20(10-17(16)21-22-18,14-5-8-24-11-14)15-6-9-25-12-15/h4-9,11-13H,1-3,10H2,(H,21,22). The van der Waals surface area contributed by atoms with E-state index in [2.05, 4.69) is 56.0 Å². The highest BCUT2D eigenvalue weighted by molar-refractivity contribution is 7.08. The number of hydrogen-bond donors (Lipinski definition) is 1. The predicted molar refractivity (Wildman–Crippen MR) is 102 cm³/mol.